The largest absolute Gasteiger partial charge is 0.259 e. The Morgan fingerprint density at radius 1 is 1.55 bits per heavy atom. The third-order valence-corrected chi connectivity index (χ3v) is 1.51. The SMILES string of the molecule is N#CC1=CC=C([N+](=O)[O-])CC1. The van der Waals surface area contributed by atoms with Crippen molar-refractivity contribution in [2.75, 3.05) is 0 Å². The summed E-state index contributed by atoms with van der Waals surface area (Å²) in [5, 5.41) is 18.6. The van der Waals surface area contributed by atoms with Crippen molar-refractivity contribution >= 4 is 0 Å². The van der Waals surface area contributed by atoms with Crippen molar-refractivity contribution in [2.45, 2.75) is 12.8 Å². The number of nitriles is 1. The molecular weight excluding hydrogens is 144 g/mol. The van der Waals surface area contributed by atoms with Crippen LogP contribution in [0.25, 0.3) is 0 Å². The van der Waals surface area contributed by atoms with Crippen LogP contribution >= 0.6 is 0 Å². The average Bonchev–Trinajstić information content (AvgIpc) is 2.05. The summed E-state index contributed by atoms with van der Waals surface area (Å²) in [6, 6.07) is 1.96. The first-order valence-corrected chi connectivity index (χ1v) is 3.18. The molecule has 0 heterocycles. The molecule has 1 aliphatic carbocycles. The summed E-state index contributed by atoms with van der Waals surface area (Å²) < 4.78 is 0. The van der Waals surface area contributed by atoms with Gasteiger partial charge in [-0.25, -0.2) is 0 Å². The highest BCUT2D eigenvalue weighted by molar-refractivity contribution is 5.30. The van der Waals surface area contributed by atoms with Gasteiger partial charge in [0.25, 0.3) is 0 Å². The van der Waals surface area contributed by atoms with Crippen LogP contribution in [-0.2, 0) is 0 Å². The maximum absolute atomic E-state index is 10.2. The van der Waals surface area contributed by atoms with E-state index in [9.17, 15) is 10.1 Å². The summed E-state index contributed by atoms with van der Waals surface area (Å²) in [6.07, 6.45) is 3.75. The van der Waals surface area contributed by atoms with Crippen LogP contribution in [0.2, 0.25) is 0 Å². The first kappa shape index (κ1) is 7.48. The Morgan fingerprint density at radius 3 is 2.64 bits per heavy atom. The Hall–Kier alpha value is -1.63. The van der Waals surface area contributed by atoms with E-state index in [1.165, 1.54) is 12.2 Å². The van der Waals surface area contributed by atoms with E-state index in [0.717, 1.165) is 0 Å². The Labute approximate surface area is 63.6 Å². The molecular formula is C7H6N2O2. The summed E-state index contributed by atoms with van der Waals surface area (Å²) in [4.78, 5) is 9.76. The smallest absolute Gasteiger partial charge is 0.246 e. The molecule has 56 valence electrons. The molecule has 0 saturated heterocycles. The molecule has 1 aliphatic rings. The van der Waals surface area contributed by atoms with Crippen molar-refractivity contribution in [1.29, 1.82) is 5.26 Å². The van der Waals surface area contributed by atoms with Crippen molar-refractivity contribution in [1.82, 2.24) is 0 Å². The highest BCUT2D eigenvalue weighted by Gasteiger charge is 2.14. The van der Waals surface area contributed by atoms with E-state index in [1.54, 1.807) is 0 Å². The summed E-state index contributed by atoms with van der Waals surface area (Å²) in [5.74, 6) is 0. The highest BCUT2D eigenvalue weighted by Crippen LogP contribution is 2.17. The van der Waals surface area contributed by atoms with Gasteiger partial charge in [0.15, 0.2) is 0 Å². The zero-order chi connectivity index (χ0) is 8.27. The number of nitro groups is 1. The van der Waals surface area contributed by atoms with E-state index in [1.807, 2.05) is 6.07 Å². The topological polar surface area (TPSA) is 66.9 Å². The van der Waals surface area contributed by atoms with Gasteiger partial charge < -0.3 is 0 Å². The van der Waals surface area contributed by atoms with Crippen molar-refractivity contribution in [3.05, 3.63) is 33.5 Å². The monoisotopic (exact) mass is 150 g/mol. The van der Waals surface area contributed by atoms with E-state index >= 15 is 0 Å². The van der Waals surface area contributed by atoms with Crippen LogP contribution in [0.1, 0.15) is 12.8 Å². The predicted molar refractivity (Wildman–Crippen MR) is 38.0 cm³/mol. The van der Waals surface area contributed by atoms with E-state index in [4.69, 9.17) is 5.26 Å². The summed E-state index contributed by atoms with van der Waals surface area (Å²) >= 11 is 0. The van der Waals surface area contributed by atoms with Gasteiger partial charge in [-0.05, 0) is 12.5 Å². The first-order chi connectivity index (χ1) is 5.24. The predicted octanol–water partition coefficient (Wildman–Crippen LogP) is 1.39. The zero-order valence-corrected chi connectivity index (χ0v) is 5.78. The van der Waals surface area contributed by atoms with Crippen molar-refractivity contribution in [3.8, 4) is 6.07 Å². The molecule has 0 fully saturated rings. The average molecular weight is 150 g/mol. The van der Waals surface area contributed by atoms with Gasteiger partial charge in [0.05, 0.1) is 11.0 Å². The molecule has 0 aromatic rings. The van der Waals surface area contributed by atoms with Crippen molar-refractivity contribution in [3.63, 3.8) is 0 Å². The fourth-order valence-electron chi connectivity index (χ4n) is 0.872. The number of nitrogens with zero attached hydrogens (tertiary/aromatic N) is 2. The highest BCUT2D eigenvalue weighted by atomic mass is 16.6. The molecule has 0 aromatic heterocycles. The van der Waals surface area contributed by atoms with Gasteiger partial charge in [-0.2, -0.15) is 5.26 Å². The Kier molecular flexibility index (Phi) is 2.02. The molecule has 4 heteroatoms. The van der Waals surface area contributed by atoms with Crippen LogP contribution in [0, 0.1) is 21.4 Å². The maximum Gasteiger partial charge on any atom is 0.246 e. The van der Waals surface area contributed by atoms with Crippen LogP contribution in [0.4, 0.5) is 0 Å². The molecule has 0 aliphatic heterocycles. The standard InChI is InChI=1S/C7H6N2O2/c8-5-6-1-3-7(4-2-6)9(10)11/h1,3H,2,4H2. The maximum atomic E-state index is 10.2. The van der Waals surface area contributed by atoms with Gasteiger partial charge in [-0.3, -0.25) is 10.1 Å². The first-order valence-electron chi connectivity index (χ1n) is 3.18. The molecule has 0 spiro atoms. The third-order valence-electron chi connectivity index (χ3n) is 1.51. The van der Waals surface area contributed by atoms with E-state index in [-0.39, 0.29) is 5.70 Å². The quantitative estimate of drug-likeness (QED) is 0.419. The third kappa shape index (κ3) is 1.64. The van der Waals surface area contributed by atoms with Crippen LogP contribution in [0.3, 0.4) is 0 Å². The summed E-state index contributed by atoms with van der Waals surface area (Å²) in [5.41, 5.74) is 0.791. The van der Waals surface area contributed by atoms with Gasteiger partial charge in [0.2, 0.25) is 5.70 Å². The van der Waals surface area contributed by atoms with Gasteiger partial charge in [-0.15, -0.1) is 0 Å². The van der Waals surface area contributed by atoms with Gasteiger partial charge >= 0.3 is 0 Å². The second-order valence-electron chi connectivity index (χ2n) is 2.22. The van der Waals surface area contributed by atoms with Crippen LogP contribution < -0.4 is 0 Å². The fourth-order valence-corrected chi connectivity index (χ4v) is 0.872. The number of rotatable bonds is 1. The minimum atomic E-state index is -0.412. The lowest BCUT2D eigenvalue weighted by atomic mass is 10.0. The minimum absolute atomic E-state index is 0.184. The second-order valence-corrected chi connectivity index (χ2v) is 2.22. The molecule has 0 aromatic carbocycles. The number of allylic oxidation sites excluding steroid dienone is 4. The van der Waals surface area contributed by atoms with E-state index < -0.39 is 4.92 Å². The fraction of sp³-hybridized carbons (Fsp3) is 0.286. The second kappa shape index (κ2) is 2.97. The molecule has 0 amide bonds. The molecule has 0 bridgehead atoms. The van der Waals surface area contributed by atoms with Crippen molar-refractivity contribution < 1.29 is 4.92 Å². The Morgan fingerprint density at radius 2 is 2.27 bits per heavy atom. The molecule has 0 unspecified atom stereocenters. The molecule has 0 N–H and O–H groups in total. The van der Waals surface area contributed by atoms with Crippen LogP contribution in [0.15, 0.2) is 23.4 Å². The lowest BCUT2D eigenvalue weighted by Crippen LogP contribution is -2.01. The van der Waals surface area contributed by atoms with Crippen molar-refractivity contribution in [2.24, 2.45) is 0 Å². The lowest BCUT2D eigenvalue weighted by Gasteiger charge is -2.01. The number of hydrogen-bond acceptors (Lipinski definition) is 3. The summed E-state index contributed by atoms with van der Waals surface area (Å²) in [6.45, 7) is 0. The molecule has 11 heavy (non-hydrogen) atoms. The normalized spacial score (nSPS) is 16.3. The van der Waals surface area contributed by atoms with Crippen LogP contribution in [0.5, 0.6) is 0 Å². The molecule has 1 rings (SSSR count). The van der Waals surface area contributed by atoms with Gasteiger partial charge in [0, 0.05) is 18.1 Å². The van der Waals surface area contributed by atoms with Gasteiger partial charge in [-0.1, -0.05) is 0 Å². The summed E-state index contributed by atoms with van der Waals surface area (Å²) in [7, 11) is 0. The van der Waals surface area contributed by atoms with Gasteiger partial charge in [0.1, 0.15) is 0 Å². The Bertz CT molecular complexity index is 283. The molecule has 0 radical (unpaired) electrons. The van der Waals surface area contributed by atoms with Crippen LogP contribution in [-0.4, -0.2) is 4.92 Å². The minimum Gasteiger partial charge on any atom is -0.259 e. The number of hydrogen-bond donors (Lipinski definition) is 0. The lowest BCUT2D eigenvalue weighted by molar-refractivity contribution is -0.428. The van der Waals surface area contributed by atoms with E-state index in [2.05, 4.69) is 0 Å². The molecule has 0 atom stereocenters. The molecule has 0 saturated carbocycles. The molecule has 4 nitrogen and oxygen atoms in total. The zero-order valence-electron chi connectivity index (χ0n) is 5.78. The Balaban J connectivity index is 2.79. The van der Waals surface area contributed by atoms with E-state index in [0.29, 0.717) is 18.4 Å².